The van der Waals surface area contributed by atoms with E-state index in [0.29, 0.717) is 40.3 Å². The molecule has 3 aromatic carbocycles. The van der Waals surface area contributed by atoms with Crippen LogP contribution in [0.2, 0.25) is 0 Å². The zero-order chi connectivity index (χ0) is 23.2. The van der Waals surface area contributed by atoms with E-state index in [1.165, 1.54) is 14.2 Å². The zero-order valence-corrected chi connectivity index (χ0v) is 18.2. The summed E-state index contributed by atoms with van der Waals surface area (Å²) in [6, 6.07) is 22.3. The van der Waals surface area contributed by atoms with Gasteiger partial charge in [0.15, 0.2) is 17.3 Å². The van der Waals surface area contributed by atoms with Crippen LogP contribution in [0.1, 0.15) is 17.0 Å². The van der Waals surface area contributed by atoms with Crippen molar-refractivity contribution in [1.82, 2.24) is 9.97 Å². The molecule has 1 aromatic heterocycles. The van der Waals surface area contributed by atoms with Crippen LogP contribution in [0.4, 0.5) is 0 Å². The Morgan fingerprint density at radius 2 is 1.70 bits per heavy atom. The molecule has 0 bridgehead atoms. The van der Waals surface area contributed by atoms with Crippen molar-refractivity contribution in [2.45, 2.75) is 6.61 Å². The van der Waals surface area contributed by atoms with Crippen LogP contribution in [0.15, 0.2) is 71.5 Å². The maximum Gasteiger partial charge on any atom is 0.259 e. The Labute approximate surface area is 190 Å². The number of nitrogens with zero attached hydrogens (tertiary/aromatic N) is 2. The van der Waals surface area contributed by atoms with Crippen molar-refractivity contribution in [2.75, 3.05) is 14.2 Å². The van der Waals surface area contributed by atoms with E-state index >= 15 is 0 Å². The number of ether oxygens (including phenoxy) is 3. The molecule has 1 heterocycles. The number of benzene rings is 3. The summed E-state index contributed by atoms with van der Waals surface area (Å²) in [4.78, 5) is 19.5. The van der Waals surface area contributed by atoms with Crippen molar-refractivity contribution in [1.29, 1.82) is 5.26 Å². The number of aromatic nitrogens is 2. The Balaban J connectivity index is 1.72. The molecule has 4 aromatic rings. The van der Waals surface area contributed by atoms with Gasteiger partial charge >= 0.3 is 0 Å². The first-order valence-electron chi connectivity index (χ1n) is 10.2. The Kier molecular flexibility index (Phi) is 6.37. The number of H-pyrrole nitrogens is 1. The maximum absolute atomic E-state index is 12.4. The van der Waals surface area contributed by atoms with Gasteiger partial charge in [-0.25, -0.2) is 4.98 Å². The van der Waals surface area contributed by atoms with Crippen LogP contribution in [0.3, 0.4) is 0 Å². The van der Waals surface area contributed by atoms with E-state index in [2.05, 4.69) is 16.0 Å². The van der Waals surface area contributed by atoms with Crippen molar-refractivity contribution in [3.63, 3.8) is 0 Å². The van der Waals surface area contributed by atoms with Crippen LogP contribution >= 0.6 is 0 Å². The van der Waals surface area contributed by atoms with Gasteiger partial charge < -0.3 is 19.2 Å². The van der Waals surface area contributed by atoms with E-state index in [0.717, 1.165) is 5.56 Å². The monoisotopic (exact) mass is 439 g/mol. The van der Waals surface area contributed by atoms with Crippen LogP contribution in [-0.2, 0) is 6.61 Å². The number of hydrogen-bond donors (Lipinski definition) is 1. The molecule has 0 saturated heterocycles. The van der Waals surface area contributed by atoms with Gasteiger partial charge in [0, 0.05) is 0 Å². The predicted octanol–water partition coefficient (Wildman–Crippen LogP) is 4.58. The molecule has 0 aliphatic rings. The molecule has 1 N–H and O–H groups in total. The van der Waals surface area contributed by atoms with Gasteiger partial charge in [-0.1, -0.05) is 42.5 Å². The smallest absolute Gasteiger partial charge is 0.259 e. The molecule has 7 nitrogen and oxygen atoms in total. The van der Waals surface area contributed by atoms with E-state index in [4.69, 9.17) is 14.2 Å². The highest BCUT2D eigenvalue weighted by Crippen LogP contribution is 2.40. The Hall–Kier alpha value is -4.57. The van der Waals surface area contributed by atoms with Crippen LogP contribution in [0, 0.1) is 11.3 Å². The first-order valence-corrected chi connectivity index (χ1v) is 10.2. The summed E-state index contributed by atoms with van der Waals surface area (Å²) in [6.45, 7) is 0.342. The van der Waals surface area contributed by atoms with Crippen molar-refractivity contribution >= 4 is 22.6 Å². The SMILES string of the molecule is COc1cc(/C=C(/C#N)c2nc3ccccc3c(=O)[nH]2)cc(OC)c1OCc1ccccc1. The molecule has 4 rings (SSSR count). The molecule has 164 valence electrons. The van der Waals surface area contributed by atoms with Gasteiger partial charge in [0.25, 0.3) is 5.56 Å². The van der Waals surface area contributed by atoms with Crippen molar-refractivity contribution < 1.29 is 14.2 Å². The minimum absolute atomic E-state index is 0.184. The summed E-state index contributed by atoms with van der Waals surface area (Å²) in [5.74, 6) is 1.54. The van der Waals surface area contributed by atoms with Crippen LogP contribution in [0.5, 0.6) is 17.2 Å². The minimum atomic E-state index is -0.309. The lowest BCUT2D eigenvalue weighted by Gasteiger charge is -2.15. The fourth-order valence-electron chi connectivity index (χ4n) is 3.39. The largest absolute Gasteiger partial charge is 0.493 e. The lowest BCUT2D eigenvalue weighted by Crippen LogP contribution is -2.11. The van der Waals surface area contributed by atoms with E-state index in [9.17, 15) is 10.1 Å². The molecule has 7 heteroatoms. The van der Waals surface area contributed by atoms with E-state index in [-0.39, 0.29) is 17.0 Å². The number of fused-ring (bicyclic) bond motifs is 1. The topological polar surface area (TPSA) is 97.2 Å². The van der Waals surface area contributed by atoms with Crippen molar-refractivity contribution in [3.8, 4) is 23.3 Å². The maximum atomic E-state index is 12.4. The highest BCUT2D eigenvalue weighted by molar-refractivity contribution is 5.89. The summed E-state index contributed by atoms with van der Waals surface area (Å²) < 4.78 is 17.0. The average molecular weight is 439 g/mol. The molecule has 0 amide bonds. The zero-order valence-electron chi connectivity index (χ0n) is 18.2. The van der Waals surface area contributed by atoms with Gasteiger partial charge in [-0.05, 0) is 41.5 Å². The Morgan fingerprint density at radius 1 is 1.03 bits per heavy atom. The van der Waals surface area contributed by atoms with Gasteiger partial charge in [0.1, 0.15) is 12.7 Å². The molecule has 0 spiro atoms. The summed E-state index contributed by atoms with van der Waals surface area (Å²) >= 11 is 0. The summed E-state index contributed by atoms with van der Waals surface area (Å²) in [7, 11) is 3.07. The lowest BCUT2D eigenvalue weighted by atomic mass is 10.1. The third-order valence-corrected chi connectivity index (χ3v) is 5.01. The van der Waals surface area contributed by atoms with Crippen LogP contribution in [-0.4, -0.2) is 24.2 Å². The third kappa shape index (κ3) is 4.70. The number of rotatable bonds is 7. The molecule has 0 atom stereocenters. The van der Waals surface area contributed by atoms with Crippen LogP contribution in [0.25, 0.3) is 22.6 Å². The van der Waals surface area contributed by atoms with Gasteiger partial charge in [0.2, 0.25) is 5.75 Å². The number of nitrogens with one attached hydrogen (secondary N) is 1. The van der Waals surface area contributed by atoms with E-state index < -0.39 is 0 Å². The number of aromatic amines is 1. The highest BCUT2D eigenvalue weighted by Gasteiger charge is 2.15. The first kappa shape index (κ1) is 21.7. The van der Waals surface area contributed by atoms with E-state index in [1.807, 2.05) is 30.3 Å². The number of methoxy groups -OCH3 is 2. The average Bonchev–Trinajstić information content (AvgIpc) is 2.86. The van der Waals surface area contributed by atoms with Gasteiger partial charge in [-0.2, -0.15) is 5.26 Å². The molecule has 33 heavy (non-hydrogen) atoms. The summed E-state index contributed by atoms with van der Waals surface area (Å²) in [5, 5.41) is 10.2. The summed E-state index contributed by atoms with van der Waals surface area (Å²) in [6.07, 6.45) is 1.61. The molecule has 0 unspecified atom stereocenters. The molecule has 0 saturated carbocycles. The molecular formula is C26H21N3O4. The standard InChI is InChI=1S/C26H21N3O4/c1-31-22-13-18(14-23(32-2)24(22)33-16-17-8-4-3-5-9-17)12-19(15-27)25-28-21-11-7-6-10-20(21)26(30)29-25/h3-14H,16H2,1-2H3,(H,28,29,30)/b19-12-. The second-order valence-corrected chi connectivity index (χ2v) is 7.13. The third-order valence-electron chi connectivity index (χ3n) is 5.01. The van der Waals surface area contributed by atoms with Crippen molar-refractivity contribution in [3.05, 3.63) is 94.0 Å². The quantitative estimate of drug-likeness (QED) is 0.423. The molecule has 0 fully saturated rings. The van der Waals surface area contributed by atoms with Gasteiger partial charge in [-0.15, -0.1) is 0 Å². The predicted molar refractivity (Wildman–Crippen MR) is 126 cm³/mol. The first-order chi connectivity index (χ1) is 16.1. The molecule has 0 aliphatic heterocycles. The number of hydrogen-bond acceptors (Lipinski definition) is 6. The second-order valence-electron chi connectivity index (χ2n) is 7.13. The number of nitriles is 1. The fourth-order valence-corrected chi connectivity index (χ4v) is 3.39. The molecule has 0 radical (unpaired) electrons. The van der Waals surface area contributed by atoms with E-state index in [1.54, 1.807) is 42.5 Å². The molecular weight excluding hydrogens is 418 g/mol. The number of allylic oxidation sites excluding steroid dienone is 1. The minimum Gasteiger partial charge on any atom is -0.493 e. The fraction of sp³-hybridized carbons (Fsp3) is 0.115. The highest BCUT2D eigenvalue weighted by atomic mass is 16.5. The van der Waals surface area contributed by atoms with Gasteiger partial charge in [-0.3, -0.25) is 4.79 Å². The molecule has 0 aliphatic carbocycles. The Bertz CT molecular complexity index is 1390. The summed E-state index contributed by atoms with van der Waals surface area (Å²) in [5.41, 5.74) is 2.03. The van der Waals surface area contributed by atoms with Gasteiger partial charge in [0.05, 0.1) is 30.7 Å². The number of para-hydroxylation sites is 1. The Morgan fingerprint density at radius 3 is 2.36 bits per heavy atom. The van der Waals surface area contributed by atoms with Crippen LogP contribution < -0.4 is 19.8 Å². The normalized spacial score (nSPS) is 11.1. The van der Waals surface area contributed by atoms with Crippen molar-refractivity contribution in [2.24, 2.45) is 0 Å². The second kappa shape index (κ2) is 9.71. The lowest BCUT2D eigenvalue weighted by molar-refractivity contribution is 0.266.